The molecule has 1 aliphatic rings. The van der Waals surface area contributed by atoms with Crippen molar-refractivity contribution < 1.29 is 21.8 Å². The molecule has 1 fully saturated rings. The number of benzene rings is 1. The maximum absolute atomic E-state index is 12.9. The molecule has 1 atom stereocenters. The van der Waals surface area contributed by atoms with Gasteiger partial charge in [0.2, 0.25) is 0 Å². The van der Waals surface area contributed by atoms with E-state index in [2.05, 4.69) is 0 Å². The Kier molecular flexibility index (Phi) is 4.01. The summed E-state index contributed by atoms with van der Waals surface area (Å²) in [6.45, 7) is 0.623. The molecule has 6 nitrogen and oxygen atoms in total. The van der Waals surface area contributed by atoms with Gasteiger partial charge in [-0.3, -0.25) is 4.79 Å². The first-order valence-corrected chi connectivity index (χ1v) is 7.15. The summed E-state index contributed by atoms with van der Waals surface area (Å²) < 4.78 is 39.7. The normalized spacial score (nSPS) is 19.4. The quantitative estimate of drug-likeness (QED) is 0.750. The SMILES string of the molecule is N#CC1COCCN1C(=O)c1cccc(S(=O)(=O)F)c1. The first-order chi connectivity index (χ1) is 9.43. The van der Waals surface area contributed by atoms with E-state index in [1.165, 1.54) is 17.0 Å². The van der Waals surface area contributed by atoms with E-state index < -0.39 is 27.1 Å². The van der Waals surface area contributed by atoms with Gasteiger partial charge in [0.05, 0.1) is 24.2 Å². The van der Waals surface area contributed by atoms with Crippen LogP contribution in [-0.4, -0.2) is 45.0 Å². The Hall–Kier alpha value is -1.98. The van der Waals surface area contributed by atoms with Crippen LogP contribution in [0, 0.1) is 11.3 Å². The number of carbonyl (C=O) groups is 1. The lowest BCUT2D eigenvalue weighted by Gasteiger charge is -2.31. The Morgan fingerprint density at radius 3 is 2.90 bits per heavy atom. The number of nitriles is 1. The second-order valence-corrected chi connectivity index (χ2v) is 5.53. The van der Waals surface area contributed by atoms with Crippen LogP contribution in [0.3, 0.4) is 0 Å². The van der Waals surface area contributed by atoms with Gasteiger partial charge in [-0.05, 0) is 18.2 Å². The van der Waals surface area contributed by atoms with Crippen molar-refractivity contribution in [2.45, 2.75) is 10.9 Å². The van der Waals surface area contributed by atoms with Gasteiger partial charge in [0.15, 0.2) is 0 Å². The van der Waals surface area contributed by atoms with Crippen LogP contribution in [0.4, 0.5) is 3.89 Å². The molecular formula is C12H11FN2O4S. The van der Waals surface area contributed by atoms with Gasteiger partial charge in [-0.25, -0.2) is 0 Å². The van der Waals surface area contributed by atoms with Crippen LogP contribution in [0.25, 0.3) is 0 Å². The van der Waals surface area contributed by atoms with E-state index in [4.69, 9.17) is 10.00 Å². The van der Waals surface area contributed by atoms with Gasteiger partial charge < -0.3 is 9.64 Å². The van der Waals surface area contributed by atoms with Gasteiger partial charge in [-0.1, -0.05) is 6.07 Å². The van der Waals surface area contributed by atoms with E-state index in [1.807, 2.05) is 6.07 Å². The van der Waals surface area contributed by atoms with Crippen LogP contribution in [-0.2, 0) is 15.0 Å². The fourth-order valence-electron chi connectivity index (χ4n) is 1.90. The molecule has 1 aliphatic heterocycles. The fourth-order valence-corrected chi connectivity index (χ4v) is 2.41. The van der Waals surface area contributed by atoms with Crippen molar-refractivity contribution in [2.24, 2.45) is 0 Å². The average molecular weight is 298 g/mol. The van der Waals surface area contributed by atoms with E-state index in [0.29, 0.717) is 6.61 Å². The van der Waals surface area contributed by atoms with Crippen LogP contribution in [0.1, 0.15) is 10.4 Å². The van der Waals surface area contributed by atoms with E-state index in [-0.39, 0.29) is 18.7 Å². The number of ether oxygens (including phenoxy) is 1. The van der Waals surface area contributed by atoms with Crippen LogP contribution >= 0.6 is 0 Å². The molecule has 1 aromatic carbocycles. The topological polar surface area (TPSA) is 87.5 Å². The Morgan fingerprint density at radius 2 is 2.25 bits per heavy atom. The monoisotopic (exact) mass is 298 g/mol. The molecule has 0 saturated carbocycles. The van der Waals surface area contributed by atoms with Crippen molar-refractivity contribution in [3.05, 3.63) is 29.8 Å². The molecule has 0 spiro atoms. The molecule has 2 rings (SSSR count). The van der Waals surface area contributed by atoms with Crippen LogP contribution < -0.4 is 0 Å². The summed E-state index contributed by atoms with van der Waals surface area (Å²) in [7, 11) is -4.87. The highest BCUT2D eigenvalue weighted by molar-refractivity contribution is 7.86. The lowest BCUT2D eigenvalue weighted by Crippen LogP contribution is -2.48. The van der Waals surface area contributed by atoms with Crippen molar-refractivity contribution in [2.75, 3.05) is 19.8 Å². The van der Waals surface area contributed by atoms with Gasteiger partial charge in [0.1, 0.15) is 6.04 Å². The minimum absolute atomic E-state index is 0.0193. The molecule has 8 heteroatoms. The lowest BCUT2D eigenvalue weighted by molar-refractivity contribution is 0.0132. The second-order valence-electron chi connectivity index (χ2n) is 4.18. The largest absolute Gasteiger partial charge is 0.376 e. The Bertz CT molecular complexity index is 668. The number of amides is 1. The van der Waals surface area contributed by atoms with Gasteiger partial charge in [0, 0.05) is 12.1 Å². The highest BCUT2D eigenvalue weighted by atomic mass is 32.3. The highest BCUT2D eigenvalue weighted by Crippen LogP contribution is 2.17. The van der Waals surface area contributed by atoms with Gasteiger partial charge in [-0.15, -0.1) is 3.89 Å². The Morgan fingerprint density at radius 1 is 1.50 bits per heavy atom. The maximum atomic E-state index is 12.9. The summed E-state index contributed by atoms with van der Waals surface area (Å²) in [4.78, 5) is 13.0. The van der Waals surface area contributed by atoms with E-state index >= 15 is 0 Å². The smallest absolute Gasteiger partial charge is 0.332 e. The number of rotatable bonds is 2. The molecule has 0 aromatic heterocycles. The standard InChI is InChI=1S/C12H11FN2O4S/c13-20(17,18)11-3-1-2-9(6-11)12(16)15-4-5-19-8-10(15)7-14/h1-3,6,10H,4-5,8H2. The van der Waals surface area contributed by atoms with Gasteiger partial charge in [0.25, 0.3) is 5.91 Å². The average Bonchev–Trinajstić information content (AvgIpc) is 2.45. The van der Waals surface area contributed by atoms with Crippen molar-refractivity contribution in [3.8, 4) is 6.07 Å². The third-order valence-corrected chi connectivity index (χ3v) is 3.72. The first-order valence-electron chi connectivity index (χ1n) is 5.76. The predicted molar refractivity (Wildman–Crippen MR) is 66.0 cm³/mol. The third-order valence-electron chi connectivity index (χ3n) is 2.90. The summed E-state index contributed by atoms with van der Waals surface area (Å²) in [5.41, 5.74) is 0.0193. The molecule has 0 radical (unpaired) electrons. The number of hydrogen-bond donors (Lipinski definition) is 0. The highest BCUT2D eigenvalue weighted by Gasteiger charge is 2.28. The van der Waals surface area contributed by atoms with Gasteiger partial charge in [-0.2, -0.15) is 13.7 Å². The van der Waals surface area contributed by atoms with Crippen LogP contribution in [0.15, 0.2) is 29.2 Å². The van der Waals surface area contributed by atoms with E-state index in [9.17, 15) is 17.1 Å². The predicted octanol–water partition coefficient (Wildman–Crippen LogP) is 0.709. The number of halogens is 1. The minimum Gasteiger partial charge on any atom is -0.376 e. The zero-order valence-corrected chi connectivity index (χ0v) is 11.1. The van der Waals surface area contributed by atoms with Gasteiger partial charge >= 0.3 is 10.2 Å². The summed E-state index contributed by atoms with van der Waals surface area (Å²) in [6.07, 6.45) is 0. The van der Waals surface area contributed by atoms with Crippen LogP contribution in [0.2, 0.25) is 0 Å². The molecule has 20 heavy (non-hydrogen) atoms. The van der Waals surface area contributed by atoms with Crippen molar-refractivity contribution >= 4 is 16.1 Å². The fraction of sp³-hybridized carbons (Fsp3) is 0.333. The summed E-state index contributed by atoms with van der Waals surface area (Å²) in [5.74, 6) is -0.523. The summed E-state index contributed by atoms with van der Waals surface area (Å²) >= 11 is 0. The van der Waals surface area contributed by atoms with Crippen molar-refractivity contribution in [1.82, 2.24) is 4.90 Å². The Labute approximate surface area is 115 Å². The molecule has 1 amide bonds. The molecule has 0 bridgehead atoms. The third kappa shape index (κ3) is 2.95. The number of morpholine rings is 1. The molecule has 0 aliphatic carbocycles. The first kappa shape index (κ1) is 14.4. The lowest BCUT2D eigenvalue weighted by atomic mass is 10.1. The van der Waals surface area contributed by atoms with E-state index in [1.54, 1.807) is 0 Å². The molecule has 1 unspecified atom stereocenters. The molecule has 1 aromatic rings. The zero-order chi connectivity index (χ0) is 14.8. The van der Waals surface area contributed by atoms with E-state index in [0.717, 1.165) is 12.1 Å². The number of nitrogens with zero attached hydrogens (tertiary/aromatic N) is 2. The van der Waals surface area contributed by atoms with Crippen LogP contribution in [0.5, 0.6) is 0 Å². The summed E-state index contributed by atoms with van der Waals surface area (Å²) in [5, 5.41) is 8.96. The molecule has 0 N–H and O–H groups in total. The number of hydrogen-bond acceptors (Lipinski definition) is 5. The Balaban J connectivity index is 2.32. The second kappa shape index (κ2) is 5.56. The molecule has 1 saturated heterocycles. The maximum Gasteiger partial charge on any atom is 0.332 e. The molecule has 1 heterocycles. The number of carbonyl (C=O) groups excluding carboxylic acids is 1. The molecular weight excluding hydrogens is 287 g/mol. The minimum atomic E-state index is -4.87. The van der Waals surface area contributed by atoms with Crippen molar-refractivity contribution in [3.63, 3.8) is 0 Å². The van der Waals surface area contributed by atoms with Crippen molar-refractivity contribution in [1.29, 1.82) is 5.26 Å². The molecule has 106 valence electrons. The zero-order valence-electron chi connectivity index (χ0n) is 10.3. The summed E-state index contributed by atoms with van der Waals surface area (Å²) in [6, 6.07) is 5.88.